The third kappa shape index (κ3) is 4.68. The van der Waals surface area contributed by atoms with Gasteiger partial charge in [0.15, 0.2) is 0 Å². The molecule has 0 aliphatic heterocycles. The van der Waals surface area contributed by atoms with Crippen LogP contribution >= 0.6 is 0 Å². The third-order valence-electron chi connectivity index (χ3n) is 3.86. The van der Waals surface area contributed by atoms with Gasteiger partial charge in [0.2, 0.25) is 0 Å². The Hall–Kier alpha value is -1.67. The van der Waals surface area contributed by atoms with Gasteiger partial charge in [-0.3, -0.25) is 0 Å². The van der Waals surface area contributed by atoms with E-state index in [-0.39, 0.29) is 5.82 Å². The van der Waals surface area contributed by atoms with Gasteiger partial charge in [-0.15, -0.1) is 0 Å². The molecule has 1 unspecified atom stereocenters. The molecule has 2 heteroatoms. The molecule has 0 saturated heterocycles. The fraction of sp³-hybridized carbons (Fsp3) is 0.368. The predicted molar refractivity (Wildman–Crippen MR) is 86.9 cm³/mol. The van der Waals surface area contributed by atoms with E-state index in [0.29, 0.717) is 6.04 Å². The average molecular weight is 285 g/mol. The lowest BCUT2D eigenvalue weighted by Gasteiger charge is -2.15. The summed E-state index contributed by atoms with van der Waals surface area (Å²) < 4.78 is 13.6. The number of hydrogen-bond donors (Lipinski definition) is 1. The van der Waals surface area contributed by atoms with Crippen molar-refractivity contribution in [3.63, 3.8) is 0 Å². The first kappa shape index (κ1) is 15.7. The minimum Gasteiger partial charge on any atom is -0.310 e. The number of benzene rings is 2. The first-order valence-electron chi connectivity index (χ1n) is 7.59. The smallest absolute Gasteiger partial charge is 0.129 e. The van der Waals surface area contributed by atoms with Crippen molar-refractivity contribution in [2.45, 2.75) is 46.2 Å². The molecule has 0 spiro atoms. The minimum atomic E-state index is -0.0872. The third-order valence-corrected chi connectivity index (χ3v) is 3.86. The van der Waals surface area contributed by atoms with Crippen molar-refractivity contribution < 1.29 is 4.39 Å². The molecule has 1 nitrogen and oxygen atoms in total. The van der Waals surface area contributed by atoms with E-state index in [9.17, 15) is 4.39 Å². The molecule has 0 aliphatic rings. The number of hydrogen-bond acceptors (Lipinski definition) is 1. The summed E-state index contributed by atoms with van der Waals surface area (Å²) in [6.45, 7) is 6.64. The lowest BCUT2D eigenvalue weighted by molar-refractivity contribution is 0.513. The Morgan fingerprint density at radius 2 is 1.62 bits per heavy atom. The number of nitrogens with one attached hydrogen (secondary N) is 1. The fourth-order valence-electron chi connectivity index (χ4n) is 2.56. The first-order chi connectivity index (χ1) is 10.1. The van der Waals surface area contributed by atoms with Crippen molar-refractivity contribution in [1.82, 2.24) is 5.32 Å². The predicted octanol–water partition coefficient (Wildman–Crippen LogP) is 4.55. The van der Waals surface area contributed by atoms with Crippen LogP contribution in [0.5, 0.6) is 0 Å². The van der Waals surface area contributed by atoms with E-state index in [2.05, 4.69) is 36.5 Å². The van der Waals surface area contributed by atoms with Crippen molar-refractivity contribution >= 4 is 0 Å². The van der Waals surface area contributed by atoms with E-state index in [4.69, 9.17) is 0 Å². The van der Waals surface area contributed by atoms with E-state index in [1.54, 1.807) is 0 Å². The molecule has 0 radical (unpaired) electrons. The van der Waals surface area contributed by atoms with Gasteiger partial charge in [-0.2, -0.15) is 0 Å². The molecule has 112 valence electrons. The SMILES string of the molecule is Cc1cc(CNC(C)CCc2ccccc2)cc(C)c1F. The Balaban J connectivity index is 1.82. The summed E-state index contributed by atoms with van der Waals surface area (Å²) in [7, 11) is 0. The zero-order valence-electron chi connectivity index (χ0n) is 13.1. The van der Waals surface area contributed by atoms with E-state index in [1.165, 1.54) is 5.56 Å². The van der Waals surface area contributed by atoms with E-state index in [1.807, 2.05) is 32.0 Å². The molecule has 0 heterocycles. The van der Waals surface area contributed by atoms with Crippen LogP contribution in [0.15, 0.2) is 42.5 Å². The summed E-state index contributed by atoms with van der Waals surface area (Å²) in [5.41, 5.74) is 3.98. The van der Waals surface area contributed by atoms with E-state index in [0.717, 1.165) is 36.1 Å². The van der Waals surface area contributed by atoms with Crippen LogP contribution in [0.4, 0.5) is 4.39 Å². The second-order valence-corrected chi connectivity index (χ2v) is 5.85. The zero-order chi connectivity index (χ0) is 15.2. The van der Waals surface area contributed by atoms with Crippen molar-refractivity contribution in [2.75, 3.05) is 0 Å². The molecule has 0 saturated carbocycles. The largest absolute Gasteiger partial charge is 0.310 e. The van der Waals surface area contributed by atoms with Crippen LogP contribution in [0, 0.1) is 19.7 Å². The summed E-state index contributed by atoms with van der Waals surface area (Å²) in [6, 6.07) is 14.8. The highest BCUT2D eigenvalue weighted by Gasteiger charge is 2.06. The first-order valence-corrected chi connectivity index (χ1v) is 7.59. The van der Waals surface area contributed by atoms with Crippen LogP contribution in [0.1, 0.15) is 35.6 Å². The molecule has 1 atom stereocenters. The van der Waals surface area contributed by atoms with Gasteiger partial charge in [0.25, 0.3) is 0 Å². The Bertz CT molecular complexity index is 554. The van der Waals surface area contributed by atoms with Gasteiger partial charge in [-0.25, -0.2) is 4.39 Å². The zero-order valence-corrected chi connectivity index (χ0v) is 13.1. The summed E-state index contributed by atoms with van der Waals surface area (Å²) in [5.74, 6) is -0.0872. The highest BCUT2D eigenvalue weighted by molar-refractivity contribution is 5.30. The molecule has 0 amide bonds. The van der Waals surface area contributed by atoms with Crippen molar-refractivity contribution in [1.29, 1.82) is 0 Å². The van der Waals surface area contributed by atoms with Gasteiger partial charge < -0.3 is 5.32 Å². The van der Waals surface area contributed by atoms with E-state index >= 15 is 0 Å². The maximum Gasteiger partial charge on any atom is 0.129 e. The maximum absolute atomic E-state index is 13.6. The van der Waals surface area contributed by atoms with Gasteiger partial charge in [-0.05, 0) is 55.9 Å². The van der Waals surface area contributed by atoms with Crippen LogP contribution in [-0.2, 0) is 13.0 Å². The second kappa shape index (κ2) is 7.37. The number of rotatable bonds is 6. The van der Waals surface area contributed by atoms with Gasteiger partial charge in [0, 0.05) is 12.6 Å². The molecule has 0 fully saturated rings. The fourth-order valence-corrected chi connectivity index (χ4v) is 2.56. The maximum atomic E-state index is 13.6. The second-order valence-electron chi connectivity index (χ2n) is 5.85. The van der Waals surface area contributed by atoms with Gasteiger partial charge >= 0.3 is 0 Å². The highest BCUT2D eigenvalue weighted by Crippen LogP contribution is 2.15. The summed E-state index contributed by atoms with van der Waals surface area (Å²) in [6.07, 6.45) is 2.18. The Kier molecular flexibility index (Phi) is 5.51. The standard InChI is InChI=1S/C19H24FN/c1-14-11-18(12-15(2)19(14)20)13-21-16(3)9-10-17-7-5-4-6-8-17/h4-8,11-12,16,21H,9-10,13H2,1-3H3. The Labute approximate surface area is 127 Å². The number of aryl methyl sites for hydroxylation is 3. The van der Waals surface area contributed by atoms with Gasteiger partial charge in [0.05, 0.1) is 0 Å². The molecular weight excluding hydrogens is 261 g/mol. The molecule has 0 aromatic heterocycles. The Morgan fingerprint density at radius 3 is 2.24 bits per heavy atom. The average Bonchev–Trinajstić information content (AvgIpc) is 2.49. The normalized spacial score (nSPS) is 12.4. The minimum absolute atomic E-state index is 0.0872. The van der Waals surface area contributed by atoms with Crippen LogP contribution in [0.25, 0.3) is 0 Å². The number of halogens is 1. The van der Waals surface area contributed by atoms with Crippen LogP contribution in [-0.4, -0.2) is 6.04 Å². The molecule has 1 N–H and O–H groups in total. The lowest BCUT2D eigenvalue weighted by Crippen LogP contribution is -2.26. The van der Waals surface area contributed by atoms with Crippen LogP contribution < -0.4 is 5.32 Å². The van der Waals surface area contributed by atoms with Gasteiger partial charge in [-0.1, -0.05) is 42.5 Å². The summed E-state index contributed by atoms with van der Waals surface area (Å²) in [5, 5.41) is 3.52. The lowest BCUT2D eigenvalue weighted by atomic mass is 10.0. The summed E-state index contributed by atoms with van der Waals surface area (Å²) in [4.78, 5) is 0. The molecule has 2 aromatic carbocycles. The van der Waals surface area contributed by atoms with Gasteiger partial charge in [0.1, 0.15) is 5.82 Å². The molecule has 2 rings (SSSR count). The quantitative estimate of drug-likeness (QED) is 0.821. The molecular formula is C19H24FN. The Morgan fingerprint density at radius 1 is 1.00 bits per heavy atom. The van der Waals surface area contributed by atoms with Crippen molar-refractivity contribution in [3.8, 4) is 0 Å². The van der Waals surface area contributed by atoms with Crippen LogP contribution in [0.2, 0.25) is 0 Å². The highest BCUT2D eigenvalue weighted by atomic mass is 19.1. The topological polar surface area (TPSA) is 12.0 Å². The summed E-state index contributed by atoms with van der Waals surface area (Å²) >= 11 is 0. The van der Waals surface area contributed by atoms with Crippen molar-refractivity contribution in [3.05, 3.63) is 70.5 Å². The van der Waals surface area contributed by atoms with Crippen LogP contribution in [0.3, 0.4) is 0 Å². The molecule has 21 heavy (non-hydrogen) atoms. The van der Waals surface area contributed by atoms with E-state index < -0.39 is 0 Å². The molecule has 0 bridgehead atoms. The molecule has 0 aliphatic carbocycles. The van der Waals surface area contributed by atoms with Crippen molar-refractivity contribution in [2.24, 2.45) is 0 Å². The molecule has 2 aromatic rings. The monoisotopic (exact) mass is 285 g/mol.